The van der Waals surface area contributed by atoms with Gasteiger partial charge in [0.2, 0.25) is 0 Å². The van der Waals surface area contributed by atoms with Crippen molar-refractivity contribution in [2.45, 2.75) is 6.61 Å². The number of aromatic hydroxyl groups is 1. The fourth-order valence-corrected chi connectivity index (χ4v) is 2.38. The largest absolute Gasteiger partial charge is 0.508 e. The summed E-state index contributed by atoms with van der Waals surface area (Å²) in [4.78, 5) is 11.0. The van der Waals surface area contributed by atoms with Crippen LogP contribution in [0.25, 0.3) is 11.1 Å². The van der Waals surface area contributed by atoms with E-state index in [-0.39, 0.29) is 11.4 Å². The Morgan fingerprint density at radius 1 is 0.958 bits per heavy atom. The summed E-state index contributed by atoms with van der Waals surface area (Å²) in [5.41, 5.74) is 2.09. The maximum atomic E-state index is 11.4. The first-order valence-corrected chi connectivity index (χ1v) is 7.38. The standard InChI is InChI=1S/C19H15NO4/c21-16-8-6-15(7-9-16)18-11-10-17(12-19(18)20(22)23)24-13-14-4-2-1-3-5-14/h1-12,21H,13H2. The van der Waals surface area contributed by atoms with E-state index in [1.54, 1.807) is 24.3 Å². The van der Waals surface area contributed by atoms with Crippen LogP contribution in [0.4, 0.5) is 5.69 Å². The molecule has 0 radical (unpaired) electrons. The summed E-state index contributed by atoms with van der Waals surface area (Å²) in [6.07, 6.45) is 0. The average Bonchev–Trinajstić information content (AvgIpc) is 2.61. The zero-order valence-corrected chi connectivity index (χ0v) is 12.8. The second-order valence-electron chi connectivity index (χ2n) is 5.26. The number of nitrogens with zero attached hydrogens (tertiary/aromatic N) is 1. The minimum Gasteiger partial charge on any atom is -0.508 e. The third kappa shape index (κ3) is 3.52. The van der Waals surface area contributed by atoms with E-state index >= 15 is 0 Å². The van der Waals surface area contributed by atoms with Crippen molar-refractivity contribution in [2.75, 3.05) is 0 Å². The van der Waals surface area contributed by atoms with E-state index in [1.807, 2.05) is 30.3 Å². The highest BCUT2D eigenvalue weighted by molar-refractivity contribution is 5.75. The highest BCUT2D eigenvalue weighted by atomic mass is 16.6. The second-order valence-corrected chi connectivity index (χ2v) is 5.26. The Morgan fingerprint density at radius 2 is 1.67 bits per heavy atom. The molecule has 3 aromatic carbocycles. The first kappa shape index (κ1) is 15.6. The molecule has 3 aromatic rings. The SMILES string of the molecule is O=[N+]([O-])c1cc(OCc2ccccc2)ccc1-c1ccc(O)cc1. The predicted octanol–water partition coefficient (Wildman–Crippen LogP) is 4.55. The van der Waals surface area contributed by atoms with Crippen LogP contribution in [-0.4, -0.2) is 10.0 Å². The first-order valence-electron chi connectivity index (χ1n) is 7.38. The van der Waals surface area contributed by atoms with Crippen LogP contribution in [0.3, 0.4) is 0 Å². The topological polar surface area (TPSA) is 72.6 Å². The summed E-state index contributed by atoms with van der Waals surface area (Å²) in [5, 5.41) is 20.7. The minimum absolute atomic E-state index is 0.0359. The van der Waals surface area contributed by atoms with Crippen molar-refractivity contribution in [3.63, 3.8) is 0 Å². The van der Waals surface area contributed by atoms with Gasteiger partial charge >= 0.3 is 0 Å². The lowest BCUT2D eigenvalue weighted by atomic mass is 10.0. The Kier molecular flexibility index (Phi) is 4.43. The third-order valence-corrected chi connectivity index (χ3v) is 3.59. The van der Waals surface area contributed by atoms with Crippen molar-refractivity contribution in [3.05, 3.63) is 88.5 Å². The maximum Gasteiger partial charge on any atom is 0.280 e. The molecule has 0 aliphatic carbocycles. The summed E-state index contributed by atoms with van der Waals surface area (Å²) < 4.78 is 5.65. The van der Waals surface area contributed by atoms with E-state index in [2.05, 4.69) is 0 Å². The van der Waals surface area contributed by atoms with Gasteiger partial charge in [0.15, 0.2) is 0 Å². The van der Waals surface area contributed by atoms with Gasteiger partial charge in [-0.3, -0.25) is 10.1 Å². The molecule has 5 heteroatoms. The number of rotatable bonds is 5. The van der Waals surface area contributed by atoms with Gasteiger partial charge in [0.05, 0.1) is 16.6 Å². The Labute approximate surface area is 138 Å². The molecule has 24 heavy (non-hydrogen) atoms. The van der Waals surface area contributed by atoms with Crippen molar-refractivity contribution in [1.29, 1.82) is 0 Å². The number of phenols is 1. The fraction of sp³-hybridized carbons (Fsp3) is 0.0526. The molecule has 0 atom stereocenters. The molecule has 0 saturated heterocycles. The quantitative estimate of drug-likeness (QED) is 0.553. The molecule has 0 aliphatic heterocycles. The molecule has 3 rings (SSSR count). The summed E-state index contributed by atoms with van der Waals surface area (Å²) in [6.45, 7) is 0.344. The van der Waals surface area contributed by atoms with E-state index in [0.717, 1.165) is 5.56 Å². The molecule has 0 saturated carbocycles. The summed E-state index contributed by atoms with van der Waals surface area (Å²) >= 11 is 0. The summed E-state index contributed by atoms with van der Waals surface area (Å²) in [6, 6.07) is 20.7. The number of phenolic OH excluding ortho intramolecular Hbond substituents is 1. The predicted molar refractivity (Wildman–Crippen MR) is 91.0 cm³/mol. The molecule has 0 aliphatic rings. The van der Waals surface area contributed by atoms with Crippen LogP contribution in [0.15, 0.2) is 72.8 Å². The fourth-order valence-electron chi connectivity index (χ4n) is 2.38. The lowest BCUT2D eigenvalue weighted by Crippen LogP contribution is -1.97. The molecular weight excluding hydrogens is 306 g/mol. The molecule has 0 bridgehead atoms. The number of ether oxygens (including phenoxy) is 1. The van der Waals surface area contributed by atoms with E-state index in [4.69, 9.17) is 4.74 Å². The zero-order valence-electron chi connectivity index (χ0n) is 12.8. The Bertz CT molecular complexity index is 845. The van der Waals surface area contributed by atoms with Gasteiger partial charge in [-0.15, -0.1) is 0 Å². The van der Waals surface area contributed by atoms with Crippen molar-refractivity contribution in [3.8, 4) is 22.6 Å². The molecule has 1 N–H and O–H groups in total. The highest BCUT2D eigenvalue weighted by Crippen LogP contribution is 2.34. The van der Waals surface area contributed by atoms with Crippen LogP contribution in [-0.2, 0) is 6.61 Å². The monoisotopic (exact) mass is 321 g/mol. The van der Waals surface area contributed by atoms with Crippen molar-refractivity contribution in [2.24, 2.45) is 0 Å². The molecule has 0 spiro atoms. The van der Waals surface area contributed by atoms with Crippen molar-refractivity contribution < 1.29 is 14.8 Å². The van der Waals surface area contributed by atoms with E-state index in [0.29, 0.717) is 23.5 Å². The second kappa shape index (κ2) is 6.83. The van der Waals surface area contributed by atoms with Crippen LogP contribution in [0.1, 0.15) is 5.56 Å². The molecule has 0 heterocycles. The van der Waals surface area contributed by atoms with Gasteiger partial charge in [0.25, 0.3) is 5.69 Å². The Morgan fingerprint density at radius 3 is 2.33 bits per heavy atom. The Balaban J connectivity index is 1.87. The van der Waals surface area contributed by atoms with E-state index in [9.17, 15) is 15.2 Å². The van der Waals surface area contributed by atoms with Crippen LogP contribution >= 0.6 is 0 Å². The first-order chi connectivity index (χ1) is 11.6. The van der Waals surface area contributed by atoms with Gasteiger partial charge < -0.3 is 9.84 Å². The third-order valence-electron chi connectivity index (χ3n) is 3.59. The molecule has 0 fully saturated rings. The molecule has 0 unspecified atom stereocenters. The summed E-state index contributed by atoms with van der Waals surface area (Å²) in [7, 11) is 0. The van der Waals surface area contributed by atoms with Crippen LogP contribution < -0.4 is 4.74 Å². The van der Waals surface area contributed by atoms with Crippen molar-refractivity contribution >= 4 is 5.69 Å². The van der Waals surface area contributed by atoms with Crippen LogP contribution in [0.5, 0.6) is 11.5 Å². The normalized spacial score (nSPS) is 10.3. The van der Waals surface area contributed by atoms with E-state index in [1.165, 1.54) is 18.2 Å². The van der Waals surface area contributed by atoms with Gasteiger partial charge in [-0.05, 0) is 35.4 Å². The molecule has 120 valence electrons. The molecule has 0 aromatic heterocycles. The van der Waals surface area contributed by atoms with Crippen LogP contribution in [0, 0.1) is 10.1 Å². The number of nitro benzene ring substituents is 1. The smallest absolute Gasteiger partial charge is 0.280 e. The number of hydrogen-bond acceptors (Lipinski definition) is 4. The molecule has 5 nitrogen and oxygen atoms in total. The minimum atomic E-state index is -0.433. The maximum absolute atomic E-state index is 11.4. The van der Waals surface area contributed by atoms with E-state index < -0.39 is 4.92 Å². The van der Waals surface area contributed by atoms with Gasteiger partial charge in [0, 0.05) is 0 Å². The van der Waals surface area contributed by atoms with Gasteiger partial charge in [-0.25, -0.2) is 0 Å². The average molecular weight is 321 g/mol. The summed E-state index contributed by atoms with van der Waals surface area (Å²) in [5.74, 6) is 0.553. The number of benzene rings is 3. The van der Waals surface area contributed by atoms with Gasteiger partial charge in [-0.1, -0.05) is 42.5 Å². The van der Waals surface area contributed by atoms with Crippen molar-refractivity contribution in [1.82, 2.24) is 0 Å². The Hall–Kier alpha value is -3.34. The lowest BCUT2D eigenvalue weighted by Gasteiger charge is -2.09. The number of hydrogen-bond donors (Lipinski definition) is 1. The van der Waals surface area contributed by atoms with Crippen LogP contribution in [0.2, 0.25) is 0 Å². The van der Waals surface area contributed by atoms with Gasteiger partial charge in [0.1, 0.15) is 18.1 Å². The highest BCUT2D eigenvalue weighted by Gasteiger charge is 2.17. The lowest BCUT2D eigenvalue weighted by molar-refractivity contribution is -0.384. The van der Waals surface area contributed by atoms with Gasteiger partial charge in [-0.2, -0.15) is 0 Å². The molecular formula is C19H15NO4. The molecule has 0 amide bonds. The number of nitro groups is 1. The zero-order chi connectivity index (χ0) is 16.9.